The van der Waals surface area contributed by atoms with Crippen LogP contribution in [-0.4, -0.2) is 22.4 Å². The molecule has 1 aliphatic heterocycles. The van der Waals surface area contributed by atoms with Gasteiger partial charge in [-0.25, -0.2) is 0 Å². The zero-order valence-electron chi connectivity index (χ0n) is 9.19. The van der Waals surface area contributed by atoms with Gasteiger partial charge in [0.05, 0.1) is 10.7 Å². The van der Waals surface area contributed by atoms with Gasteiger partial charge in [0.2, 0.25) is 5.89 Å². The summed E-state index contributed by atoms with van der Waals surface area (Å²) in [6.07, 6.45) is 2.41. The van der Waals surface area contributed by atoms with Crippen molar-refractivity contribution in [2.45, 2.75) is 37.4 Å². The minimum atomic E-state index is -0.214. The molecule has 1 unspecified atom stereocenters. The number of nitrogens with zero attached hydrogens (tertiary/aromatic N) is 2. The fourth-order valence-electron chi connectivity index (χ4n) is 1.51. The van der Waals surface area contributed by atoms with E-state index in [0.29, 0.717) is 17.7 Å². The number of hydrogen-bond acceptors (Lipinski definition) is 5. The molecule has 1 aromatic rings. The van der Waals surface area contributed by atoms with Crippen LogP contribution in [0.4, 0.5) is 0 Å². The predicted octanol–water partition coefficient (Wildman–Crippen LogP) is 1.87. The second-order valence-corrected chi connectivity index (χ2v) is 5.86. The van der Waals surface area contributed by atoms with Crippen LogP contribution in [0, 0.1) is 0 Å². The molecule has 0 aliphatic carbocycles. The summed E-state index contributed by atoms with van der Waals surface area (Å²) < 4.78 is 5.28. The first-order valence-electron chi connectivity index (χ1n) is 5.29. The Labute approximate surface area is 94.0 Å². The summed E-state index contributed by atoms with van der Waals surface area (Å²) in [5.41, 5.74) is 5.45. The summed E-state index contributed by atoms with van der Waals surface area (Å²) in [6, 6.07) is 0. The van der Waals surface area contributed by atoms with E-state index in [1.807, 2.05) is 25.6 Å². The third kappa shape index (κ3) is 2.18. The van der Waals surface area contributed by atoms with Gasteiger partial charge in [-0.3, -0.25) is 0 Å². The molecule has 2 heterocycles. The maximum Gasteiger partial charge on any atom is 0.233 e. The second kappa shape index (κ2) is 4.14. The van der Waals surface area contributed by atoms with Gasteiger partial charge < -0.3 is 10.3 Å². The number of nitrogens with two attached hydrogens (primary N) is 1. The minimum absolute atomic E-state index is 0.214. The van der Waals surface area contributed by atoms with Crippen molar-refractivity contribution in [1.29, 1.82) is 0 Å². The highest BCUT2D eigenvalue weighted by Gasteiger charge is 2.29. The standard InChI is InChI=1S/C10H17N3OS/c1-10(2,6-11)9-12-8(13-14-9)7-4-3-5-15-7/h7H,3-6,11H2,1-2H3. The number of thioether (sulfide) groups is 1. The largest absolute Gasteiger partial charge is 0.339 e. The highest BCUT2D eigenvalue weighted by atomic mass is 32.2. The van der Waals surface area contributed by atoms with Crippen molar-refractivity contribution in [3.8, 4) is 0 Å². The van der Waals surface area contributed by atoms with Crippen LogP contribution in [-0.2, 0) is 5.41 Å². The molecule has 1 atom stereocenters. The molecule has 0 bridgehead atoms. The van der Waals surface area contributed by atoms with Gasteiger partial charge in [0, 0.05) is 6.54 Å². The Morgan fingerprint density at radius 2 is 2.40 bits per heavy atom. The van der Waals surface area contributed by atoms with Crippen LogP contribution < -0.4 is 5.73 Å². The van der Waals surface area contributed by atoms with E-state index in [9.17, 15) is 0 Å². The first-order chi connectivity index (χ1) is 7.13. The molecule has 0 radical (unpaired) electrons. The summed E-state index contributed by atoms with van der Waals surface area (Å²) in [7, 11) is 0. The molecule has 15 heavy (non-hydrogen) atoms. The molecule has 4 nitrogen and oxygen atoms in total. The van der Waals surface area contributed by atoms with Crippen LogP contribution in [0.15, 0.2) is 4.52 Å². The van der Waals surface area contributed by atoms with Crippen molar-refractivity contribution in [1.82, 2.24) is 10.1 Å². The Balaban J connectivity index is 2.16. The monoisotopic (exact) mass is 227 g/mol. The summed E-state index contributed by atoms with van der Waals surface area (Å²) in [4.78, 5) is 4.46. The van der Waals surface area contributed by atoms with Crippen molar-refractivity contribution >= 4 is 11.8 Å². The normalized spacial score (nSPS) is 22.2. The average Bonchev–Trinajstić information content (AvgIpc) is 2.88. The zero-order valence-corrected chi connectivity index (χ0v) is 10.0. The maximum absolute atomic E-state index is 5.67. The molecule has 1 aromatic heterocycles. The van der Waals surface area contributed by atoms with Crippen LogP contribution in [0.1, 0.15) is 43.7 Å². The van der Waals surface area contributed by atoms with Gasteiger partial charge in [0.25, 0.3) is 0 Å². The van der Waals surface area contributed by atoms with Gasteiger partial charge in [-0.2, -0.15) is 16.7 Å². The minimum Gasteiger partial charge on any atom is -0.339 e. The first kappa shape index (κ1) is 11.0. The van der Waals surface area contributed by atoms with E-state index in [1.165, 1.54) is 12.2 Å². The SMILES string of the molecule is CC(C)(CN)c1nc(C2CCCS2)no1. The molecule has 0 aromatic carbocycles. The van der Waals surface area contributed by atoms with Gasteiger partial charge in [-0.1, -0.05) is 5.16 Å². The Morgan fingerprint density at radius 3 is 3.00 bits per heavy atom. The van der Waals surface area contributed by atoms with Crippen LogP contribution in [0.2, 0.25) is 0 Å². The summed E-state index contributed by atoms with van der Waals surface area (Å²) in [6.45, 7) is 4.56. The number of hydrogen-bond donors (Lipinski definition) is 1. The molecule has 0 amide bonds. The van der Waals surface area contributed by atoms with Crippen LogP contribution in [0.25, 0.3) is 0 Å². The molecular formula is C10H17N3OS. The lowest BCUT2D eigenvalue weighted by Crippen LogP contribution is -2.28. The van der Waals surface area contributed by atoms with Crippen LogP contribution in [0.5, 0.6) is 0 Å². The van der Waals surface area contributed by atoms with E-state index < -0.39 is 0 Å². The Kier molecular flexibility index (Phi) is 3.02. The number of rotatable bonds is 3. The fourth-order valence-corrected chi connectivity index (χ4v) is 2.71. The lowest BCUT2D eigenvalue weighted by molar-refractivity contribution is 0.309. The van der Waals surface area contributed by atoms with Gasteiger partial charge in [-0.15, -0.1) is 0 Å². The van der Waals surface area contributed by atoms with E-state index in [4.69, 9.17) is 10.3 Å². The van der Waals surface area contributed by atoms with E-state index in [0.717, 1.165) is 12.2 Å². The van der Waals surface area contributed by atoms with Crippen molar-refractivity contribution < 1.29 is 4.52 Å². The van der Waals surface area contributed by atoms with Gasteiger partial charge in [0.15, 0.2) is 5.82 Å². The molecule has 2 N–H and O–H groups in total. The molecule has 2 rings (SSSR count). The van der Waals surface area contributed by atoms with Crippen molar-refractivity contribution in [3.05, 3.63) is 11.7 Å². The molecule has 0 spiro atoms. The van der Waals surface area contributed by atoms with Gasteiger partial charge in [-0.05, 0) is 32.4 Å². The topological polar surface area (TPSA) is 64.9 Å². The Bertz CT molecular complexity index is 331. The Morgan fingerprint density at radius 1 is 1.60 bits per heavy atom. The highest BCUT2D eigenvalue weighted by molar-refractivity contribution is 7.99. The molecule has 1 saturated heterocycles. The number of aromatic nitrogens is 2. The molecular weight excluding hydrogens is 210 g/mol. The maximum atomic E-state index is 5.67. The van der Waals surface area contributed by atoms with Gasteiger partial charge in [0.1, 0.15) is 0 Å². The third-order valence-electron chi connectivity index (χ3n) is 2.75. The average molecular weight is 227 g/mol. The quantitative estimate of drug-likeness (QED) is 0.854. The van der Waals surface area contributed by atoms with Crippen molar-refractivity contribution in [3.63, 3.8) is 0 Å². The summed E-state index contributed by atoms with van der Waals surface area (Å²) in [5.74, 6) is 2.70. The fraction of sp³-hybridized carbons (Fsp3) is 0.800. The van der Waals surface area contributed by atoms with E-state index in [1.54, 1.807) is 0 Å². The van der Waals surface area contributed by atoms with Crippen molar-refractivity contribution in [2.24, 2.45) is 5.73 Å². The molecule has 84 valence electrons. The highest BCUT2D eigenvalue weighted by Crippen LogP contribution is 2.38. The predicted molar refractivity (Wildman–Crippen MR) is 60.8 cm³/mol. The van der Waals surface area contributed by atoms with Gasteiger partial charge >= 0.3 is 0 Å². The molecule has 1 aliphatic rings. The van der Waals surface area contributed by atoms with E-state index >= 15 is 0 Å². The molecule has 1 fully saturated rings. The molecule has 0 saturated carbocycles. The van der Waals surface area contributed by atoms with Crippen LogP contribution >= 0.6 is 11.8 Å². The second-order valence-electron chi connectivity index (χ2n) is 4.55. The van der Waals surface area contributed by atoms with E-state index in [-0.39, 0.29) is 5.41 Å². The lowest BCUT2D eigenvalue weighted by atomic mass is 9.94. The summed E-state index contributed by atoms with van der Waals surface area (Å²) >= 11 is 1.91. The molecule has 5 heteroatoms. The lowest BCUT2D eigenvalue weighted by Gasteiger charge is -2.15. The Hall–Kier alpha value is -0.550. The first-order valence-corrected chi connectivity index (χ1v) is 6.34. The smallest absolute Gasteiger partial charge is 0.233 e. The summed E-state index contributed by atoms with van der Waals surface area (Å²) in [5, 5.41) is 4.48. The van der Waals surface area contributed by atoms with Crippen molar-refractivity contribution in [2.75, 3.05) is 12.3 Å². The third-order valence-corrected chi connectivity index (χ3v) is 4.12. The van der Waals surface area contributed by atoms with Crippen LogP contribution in [0.3, 0.4) is 0 Å². The zero-order chi connectivity index (χ0) is 10.9. The van der Waals surface area contributed by atoms with E-state index in [2.05, 4.69) is 10.1 Å².